The molecule has 0 bridgehead atoms. The van der Waals surface area contributed by atoms with Gasteiger partial charge in [-0.1, -0.05) is 23.7 Å². The summed E-state index contributed by atoms with van der Waals surface area (Å²) in [4.78, 5) is 4.18. The quantitative estimate of drug-likeness (QED) is 0.845. The van der Waals surface area contributed by atoms with Gasteiger partial charge in [0.15, 0.2) is 0 Å². The van der Waals surface area contributed by atoms with Crippen molar-refractivity contribution in [3.8, 4) is 23.1 Å². The van der Waals surface area contributed by atoms with Gasteiger partial charge in [-0.25, -0.2) is 0 Å². The van der Waals surface area contributed by atoms with Gasteiger partial charge >= 0.3 is 6.36 Å². The van der Waals surface area contributed by atoms with Crippen molar-refractivity contribution in [1.82, 2.24) is 4.98 Å². The fourth-order valence-corrected chi connectivity index (χ4v) is 1.92. The van der Waals surface area contributed by atoms with Crippen molar-refractivity contribution >= 4 is 11.6 Å². The van der Waals surface area contributed by atoms with E-state index in [-0.39, 0.29) is 17.2 Å². The SMILES string of the molecule is N#CCc1ccc(Cl)c(-c2cccc(OC(F)(F)F)c2)n1. The summed E-state index contributed by atoms with van der Waals surface area (Å²) >= 11 is 6.01. The smallest absolute Gasteiger partial charge is 0.406 e. The van der Waals surface area contributed by atoms with E-state index in [4.69, 9.17) is 16.9 Å². The standard InChI is InChI=1S/C14H8ClF3N2O/c15-12-5-4-10(6-7-19)20-13(12)9-2-1-3-11(8-9)21-14(16,17)18/h1-5,8H,6H2. The number of rotatable bonds is 3. The summed E-state index contributed by atoms with van der Waals surface area (Å²) in [5, 5.41) is 8.93. The first kappa shape index (κ1) is 15.1. The molecule has 21 heavy (non-hydrogen) atoms. The summed E-state index contributed by atoms with van der Waals surface area (Å²) in [7, 11) is 0. The van der Waals surface area contributed by atoms with Crippen LogP contribution in [0.2, 0.25) is 5.02 Å². The second kappa shape index (κ2) is 6.02. The first-order chi connectivity index (χ1) is 9.89. The summed E-state index contributed by atoms with van der Waals surface area (Å²) in [6, 6.07) is 10.4. The Morgan fingerprint density at radius 3 is 2.67 bits per heavy atom. The topological polar surface area (TPSA) is 45.9 Å². The third kappa shape index (κ3) is 4.10. The molecule has 0 unspecified atom stereocenters. The van der Waals surface area contributed by atoms with Crippen molar-refractivity contribution in [1.29, 1.82) is 5.26 Å². The Labute approximate surface area is 123 Å². The minimum Gasteiger partial charge on any atom is -0.406 e. The molecule has 7 heteroatoms. The molecule has 0 saturated carbocycles. The van der Waals surface area contributed by atoms with Crippen molar-refractivity contribution in [3.63, 3.8) is 0 Å². The van der Waals surface area contributed by atoms with E-state index in [2.05, 4.69) is 9.72 Å². The van der Waals surface area contributed by atoms with Gasteiger partial charge in [0.1, 0.15) is 5.75 Å². The largest absolute Gasteiger partial charge is 0.573 e. The Morgan fingerprint density at radius 2 is 2.00 bits per heavy atom. The maximum Gasteiger partial charge on any atom is 0.573 e. The zero-order valence-electron chi connectivity index (χ0n) is 10.5. The van der Waals surface area contributed by atoms with E-state index in [0.717, 1.165) is 0 Å². The third-order valence-electron chi connectivity index (χ3n) is 2.50. The second-order valence-electron chi connectivity index (χ2n) is 4.04. The van der Waals surface area contributed by atoms with Gasteiger partial charge in [0.2, 0.25) is 0 Å². The van der Waals surface area contributed by atoms with Crippen LogP contribution in [0.25, 0.3) is 11.3 Å². The summed E-state index contributed by atoms with van der Waals surface area (Å²) in [6.45, 7) is 0. The fourth-order valence-electron chi connectivity index (χ4n) is 1.70. The lowest BCUT2D eigenvalue weighted by Gasteiger charge is -2.11. The number of pyridine rings is 1. The first-order valence-corrected chi connectivity index (χ1v) is 6.15. The van der Waals surface area contributed by atoms with E-state index in [1.165, 1.54) is 18.2 Å². The van der Waals surface area contributed by atoms with Crippen LogP contribution in [-0.4, -0.2) is 11.3 Å². The lowest BCUT2D eigenvalue weighted by molar-refractivity contribution is -0.274. The Balaban J connectivity index is 2.40. The molecule has 3 nitrogen and oxygen atoms in total. The molecule has 108 valence electrons. The summed E-state index contributed by atoms with van der Waals surface area (Å²) < 4.78 is 40.5. The Bertz CT molecular complexity index is 695. The average Bonchev–Trinajstić information content (AvgIpc) is 2.39. The van der Waals surface area contributed by atoms with Crippen molar-refractivity contribution < 1.29 is 17.9 Å². The number of nitrogens with zero attached hydrogens (tertiary/aromatic N) is 2. The lowest BCUT2D eigenvalue weighted by Crippen LogP contribution is -2.17. The molecule has 2 aromatic rings. The van der Waals surface area contributed by atoms with Crippen LogP contribution in [-0.2, 0) is 6.42 Å². The van der Waals surface area contributed by atoms with Crippen LogP contribution in [0.5, 0.6) is 5.75 Å². The van der Waals surface area contributed by atoms with Gasteiger partial charge in [0.05, 0.1) is 28.9 Å². The molecule has 1 aromatic heterocycles. The maximum absolute atomic E-state index is 12.2. The lowest BCUT2D eigenvalue weighted by atomic mass is 10.1. The predicted octanol–water partition coefficient (Wildman–Crippen LogP) is 4.37. The molecule has 0 N–H and O–H groups in total. The number of hydrogen-bond donors (Lipinski definition) is 0. The molecule has 0 amide bonds. The highest BCUT2D eigenvalue weighted by Gasteiger charge is 2.31. The van der Waals surface area contributed by atoms with Gasteiger partial charge in [-0.2, -0.15) is 5.26 Å². The van der Waals surface area contributed by atoms with Crippen LogP contribution in [0.4, 0.5) is 13.2 Å². The summed E-state index contributed by atoms with van der Waals surface area (Å²) in [6.07, 6.45) is -4.68. The first-order valence-electron chi connectivity index (χ1n) is 5.77. The van der Waals surface area contributed by atoms with Gasteiger partial charge in [-0.05, 0) is 24.3 Å². The van der Waals surface area contributed by atoms with Crippen molar-refractivity contribution in [3.05, 3.63) is 47.1 Å². The van der Waals surface area contributed by atoms with E-state index in [1.807, 2.05) is 6.07 Å². The Hall–Kier alpha value is -2.26. The minimum atomic E-state index is -4.77. The molecule has 0 fully saturated rings. The average molecular weight is 313 g/mol. The number of ether oxygens (including phenoxy) is 1. The molecular formula is C14H8ClF3N2O. The monoisotopic (exact) mass is 312 g/mol. The van der Waals surface area contributed by atoms with Gasteiger partial charge < -0.3 is 4.74 Å². The van der Waals surface area contributed by atoms with Gasteiger partial charge in [-0.3, -0.25) is 4.98 Å². The predicted molar refractivity (Wildman–Crippen MR) is 70.7 cm³/mol. The normalized spacial score (nSPS) is 11.0. The van der Waals surface area contributed by atoms with E-state index in [1.54, 1.807) is 18.2 Å². The highest BCUT2D eigenvalue weighted by atomic mass is 35.5. The summed E-state index contributed by atoms with van der Waals surface area (Å²) in [5.41, 5.74) is 1.16. The van der Waals surface area contributed by atoms with E-state index >= 15 is 0 Å². The molecule has 0 aliphatic heterocycles. The van der Waals surface area contributed by atoms with Crippen LogP contribution in [0.15, 0.2) is 36.4 Å². The Kier molecular flexibility index (Phi) is 4.34. The van der Waals surface area contributed by atoms with Crippen molar-refractivity contribution in [2.75, 3.05) is 0 Å². The highest BCUT2D eigenvalue weighted by Crippen LogP contribution is 2.30. The number of nitriles is 1. The van der Waals surface area contributed by atoms with Crippen molar-refractivity contribution in [2.24, 2.45) is 0 Å². The molecule has 0 aliphatic carbocycles. The maximum atomic E-state index is 12.2. The third-order valence-corrected chi connectivity index (χ3v) is 2.81. The minimum absolute atomic E-state index is 0.0862. The molecule has 0 aliphatic rings. The van der Waals surface area contributed by atoms with Crippen LogP contribution in [0, 0.1) is 11.3 Å². The Morgan fingerprint density at radius 1 is 1.24 bits per heavy atom. The molecule has 0 atom stereocenters. The van der Waals surface area contributed by atoms with Gasteiger partial charge in [0, 0.05) is 5.56 Å². The number of hydrogen-bond acceptors (Lipinski definition) is 3. The molecule has 0 spiro atoms. The number of alkyl halides is 3. The van der Waals surface area contributed by atoms with Crippen LogP contribution >= 0.6 is 11.6 Å². The number of benzene rings is 1. The molecular weight excluding hydrogens is 305 g/mol. The summed E-state index contributed by atoms with van der Waals surface area (Å²) in [5.74, 6) is -0.358. The second-order valence-corrected chi connectivity index (χ2v) is 4.45. The van der Waals surface area contributed by atoms with Gasteiger partial charge in [0.25, 0.3) is 0 Å². The van der Waals surface area contributed by atoms with E-state index in [9.17, 15) is 13.2 Å². The van der Waals surface area contributed by atoms with Crippen molar-refractivity contribution in [2.45, 2.75) is 12.8 Å². The number of aromatic nitrogens is 1. The zero-order chi connectivity index (χ0) is 15.5. The zero-order valence-corrected chi connectivity index (χ0v) is 11.2. The fraction of sp³-hybridized carbons (Fsp3) is 0.143. The molecule has 1 aromatic carbocycles. The van der Waals surface area contributed by atoms with Crippen LogP contribution < -0.4 is 4.74 Å². The van der Waals surface area contributed by atoms with Crippen LogP contribution in [0.3, 0.4) is 0 Å². The van der Waals surface area contributed by atoms with Crippen LogP contribution in [0.1, 0.15) is 5.69 Å². The molecule has 0 radical (unpaired) electrons. The van der Waals surface area contributed by atoms with Gasteiger partial charge in [-0.15, -0.1) is 13.2 Å². The molecule has 1 heterocycles. The van der Waals surface area contributed by atoms with E-state index < -0.39 is 6.36 Å². The highest BCUT2D eigenvalue weighted by molar-refractivity contribution is 6.33. The van der Waals surface area contributed by atoms with E-state index in [0.29, 0.717) is 17.0 Å². The molecule has 2 rings (SSSR count). The molecule has 0 saturated heterocycles. The number of halogens is 4.